The number of benzene rings is 1. The number of imidazole rings is 1. The summed E-state index contributed by atoms with van der Waals surface area (Å²) >= 11 is 3.45. The minimum absolute atomic E-state index is 0.0937. The van der Waals surface area contributed by atoms with E-state index in [-0.39, 0.29) is 17.0 Å². The van der Waals surface area contributed by atoms with E-state index in [0.717, 1.165) is 10.0 Å². The van der Waals surface area contributed by atoms with Crippen molar-refractivity contribution in [3.05, 3.63) is 51.4 Å². The Bertz CT molecular complexity index is 1110. The van der Waals surface area contributed by atoms with E-state index >= 15 is 0 Å². The number of amides is 1. The van der Waals surface area contributed by atoms with Crippen LogP contribution in [-0.4, -0.2) is 40.6 Å². The molecular weight excluding hydrogens is 430 g/mol. The number of nitrogens with zero attached hydrogens (tertiary/aromatic N) is 2. The summed E-state index contributed by atoms with van der Waals surface area (Å²) in [5.41, 5.74) is 2.33. The smallest absolute Gasteiger partial charge is 0.337 e. The number of hydrogen-bond acceptors (Lipinski definition) is 5. The number of anilines is 1. The van der Waals surface area contributed by atoms with Gasteiger partial charge in [-0.05, 0) is 41.4 Å². The number of aromatic nitrogens is 2. The number of methoxy groups -OCH3 is 2. The number of carboxylic acids is 1. The standard InChI is InChI=1S/C19H18BrN3O5/c1-9-5-12(20)17-21-10(2)16(23(17)8-9)18(24)22-13-7-15(28-4)14(27-3)6-11(13)19(25)26/h5-8H,1-4H3,(H,22,24)(H,25,26). The number of fused-ring (bicyclic) bond motifs is 1. The summed E-state index contributed by atoms with van der Waals surface area (Å²) in [4.78, 5) is 29.1. The first-order chi connectivity index (χ1) is 13.3. The largest absolute Gasteiger partial charge is 0.493 e. The molecule has 0 unspecified atom stereocenters. The number of carbonyl (C=O) groups is 2. The molecule has 0 fully saturated rings. The predicted molar refractivity (Wildman–Crippen MR) is 107 cm³/mol. The highest BCUT2D eigenvalue weighted by atomic mass is 79.9. The van der Waals surface area contributed by atoms with Crippen LogP contribution in [-0.2, 0) is 0 Å². The van der Waals surface area contributed by atoms with Crippen LogP contribution in [0.4, 0.5) is 5.69 Å². The zero-order valence-electron chi connectivity index (χ0n) is 15.7. The molecule has 2 heterocycles. The molecule has 1 amide bonds. The van der Waals surface area contributed by atoms with Crippen LogP contribution in [0.2, 0.25) is 0 Å². The molecule has 146 valence electrons. The molecular formula is C19H18BrN3O5. The van der Waals surface area contributed by atoms with Gasteiger partial charge in [-0.1, -0.05) is 0 Å². The summed E-state index contributed by atoms with van der Waals surface area (Å²) < 4.78 is 12.8. The van der Waals surface area contributed by atoms with E-state index in [1.54, 1.807) is 17.5 Å². The molecule has 2 N–H and O–H groups in total. The van der Waals surface area contributed by atoms with E-state index in [1.165, 1.54) is 26.4 Å². The third kappa shape index (κ3) is 3.40. The number of halogens is 1. The van der Waals surface area contributed by atoms with Gasteiger partial charge in [-0.2, -0.15) is 0 Å². The second-order valence-corrected chi connectivity index (χ2v) is 6.97. The molecule has 0 saturated carbocycles. The maximum absolute atomic E-state index is 13.0. The molecule has 28 heavy (non-hydrogen) atoms. The van der Waals surface area contributed by atoms with Crippen molar-refractivity contribution < 1.29 is 24.2 Å². The lowest BCUT2D eigenvalue weighted by molar-refractivity contribution is 0.0697. The number of carboxylic acid groups (broad SMARTS) is 1. The molecule has 9 heteroatoms. The van der Waals surface area contributed by atoms with Gasteiger partial charge in [-0.3, -0.25) is 9.20 Å². The highest BCUT2D eigenvalue weighted by Crippen LogP contribution is 2.34. The summed E-state index contributed by atoms with van der Waals surface area (Å²) in [5, 5.41) is 12.2. The molecule has 0 aliphatic rings. The first-order valence-electron chi connectivity index (χ1n) is 8.22. The number of rotatable bonds is 5. The minimum Gasteiger partial charge on any atom is -0.493 e. The van der Waals surface area contributed by atoms with Crippen molar-refractivity contribution in [2.45, 2.75) is 13.8 Å². The van der Waals surface area contributed by atoms with E-state index in [4.69, 9.17) is 9.47 Å². The Morgan fingerprint density at radius 2 is 1.79 bits per heavy atom. The van der Waals surface area contributed by atoms with Gasteiger partial charge in [0, 0.05) is 18.3 Å². The minimum atomic E-state index is -1.20. The Morgan fingerprint density at radius 1 is 1.14 bits per heavy atom. The van der Waals surface area contributed by atoms with Crippen LogP contribution in [0, 0.1) is 13.8 Å². The Balaban J connectivity index is 2.10. The molecule has 3 rings (SSSR count). The number of nitrogens with one attached hydrogen (secondary N) is 1. The highest BCUT2D eigenvalue weighted by molar-refractivity contribution is 9.10. The number of pyridine rings is 1. The average molecular weight is 448 g/mol. The Morgan fingerprint density at radius 3 is 2.39 bits per heavy atom. The fraction of sp³-hybridized carbons (Fsp3) is 0.211. The summed E-state index contributed by atoms with van der Waals surface area (Å²) in [7, 11) is 2.84. The average Bonchev–Trinajstić information content (AvgIpc) is 2.97. The molecule has 3 aromatic rings. The first-order valence-corrected chi connectivity index (χ1v) is 9.01. The Labute approximate surface area is 169 Å². The van der Waals surface area contributed by atoms with E-state index in [0.29, 0.717) is 22.8 Å². The van der Waals surface area contributed by atoms with Crippen molar-refractivity contribution in [3.63, 3.8) is 0 Å². The highest BCUT2D eigenvalue weighted by Gasteiger charge is 2.22. The number of carbonyl (C=O) groups excluding carboxylic acids is 1. The van der Waals surface area contributed by atoms with Gasteiger partial charge in [-0.15, -0.1) is 0 Å². The van der Waals surface area contributed by atoms with Crippen LogP contribution >= 0.6 is 15.9 Å². The van der Waals surface area contributed by atoms with Gasteiger partial charge in [0.15, 0.2) is 17.1 Å². The zero-order chi connectivity index (χ0) is 20.6. The van der Waals surface area contributed by atoms with Crippen LogP contribution in [0.25, 0.3) is 5.65 Å². The van der Waals surface area contributed by atoms with Crippen LogP contribution in [0.15, 0.2) is 28.9 Å². The summed E-state index contributed by atoms with van der Waals surface area (Å²) in [5.74, 6) is -1.14. The monoisotopic (exact) mass is 447 g/mol. The fourth-order valence-electron chi connectivity index (χ4n) is 2.96. The molecule has 1 aromatic carbocycles. The maximum atomic E-state index is 13.0. The molecule has 0 bridgehead atoms. The van der Waals surface area contributed by atoms with Crippen LogP contribution in [0.3, 0.4) is 0 Å². The Kier molecular flexibility index (Phi) is 5.28. The maximum Gasteiger partial charge on any atom is 0.337 e. The summed E-state index contributed by atoms with van der Waals surface area (Å²) in [6, 6.07) is 4.62. The van der Waals surface area contributed by atoms with Crippen molar-refractivity contribution in [2.24, 2.45) is 0 Å². The van der Waals surface area contributed by atoms with Gasteiger partial charge in [-0.25, -0.2) is 9.78 Å². The lowest BCUT2D eigenvalue weighted by Crippen LogP contribution is -2.18. The quantitative estimate of drug-likeness (QED) is 0.618. The van der Waals surface area contributed by atoms with Gasteiger partial charge < -0.3 is 19.9 Å². The van der Waals surface area contributed by atoms with Gasteiger partial charge in [0.05, 0.1) is 35.6 Å². The van der Waals surface area contributed by atoms with Crippen LogP contribution in [0.5, 0.6) is 11.5 Å². The summed E-state index contributed by atoms with van der Waals surface area (Å²) in [6.07, 6.45) is 1.79. The van der Waals surface area contributed by atoms with Crippen molar-refractivity contribution in [2.75, 3.05) is 19.5 Å². The molecule has 0 saturated heterocycles. The normalized spacial score (nSPS) is 10.8. The van der Waals surface area contributed by atoms with E-state index in [2.05, 4.69) is 26.2 Å². The zero-order valence-corrected chi connectivity index (χ0v) is 17.2. The third-order valence-corrected chi connectivity index (χ3v) is 4.79. The van der Waals surface area contributed by atoms with Crippen molar-refractivity contribution in [1.29, 1.82) is 0 Å². The molecule has 2 aromatic heterocycles. The number of aromatic carboxylic acids is 1. The van der Waals surface area contributed by atoms with E-state index in [1.807, 2.05) is 13.0 Å². The van der Waals surface area contributed by atoms with Gasteiger partial charge >= 0.3 is 5.97 Å². The molecule has 8 nitrogen and oxygen atoms in total. The Hall–Kier alpha value is -3.07. The topological polar surface area (TPSA) is 102 Å². The van der Waals surface area contributed by atoms with E-state index in [9.17, 15) is 14.7 Å². The molecule has 0 aliphatic heterocycles. The molecule has 0 radical (unpaired) electrons. The van der Waals surface area contributed by atoms with Crippen molar-refractivity contribution >= 4 is 39.1 Å². The lowest BCUT2D eigenvalue weighted by atomic mass is 10.1. The number of ether oxygens (including phenoxy) is 2. The molecule has 0 atom stereocenters. The van der Waals surface area contributed by atoms with Gasteiger partial charge in [0.25, 0.3) is 5.91 Å². The van der Waals surface area contributed by atoms with Crippen molar-refractivity contribution in [1.82, 2.24) is 9.38 Å². The summed E-state index contributed by atoms with van der Waals surface area (Å²) in [6.45, 7) is 3.62. The number of aryl methyl sites for hydroxylation is 2. The van der Waals surface area contributed by atoms with Crippen LogP contribution < -0.4 is 14.8 Å². The second kappa shape index (κ2) is 7.51. The van der Waals surface area contributed by atoms with E-state index < -0.39 is 11.9 Å². The number of hydrogen-bond donors (Lipinski definition) is 2. The predicted octanol–water partition coefficient (Wildman–Crippen LogP) is 3.68. The second-order valence-electron chi connectivity index (χ2n) is 6.12. The molecule has 0 spiro atoms. The SMILES string of the molecule is COc1cc(NC(=O)c2c(C)nc3c(Br)cc(C)cn23)c(C(=O)O)cc1OC. The van der Waals surface area contributed by atoms with Crippen molar-refractivity contribution in [3.8, 4) is 11.5 Å². The lowest BCUT2D eigenvalue weighted by Gasteiger charge is -2.14. The third-order valence-electron chi connectivity index (χ3n) is 4.20. The van der Waals surface area contributed by atoms with Crippen LogP contribution in [0.1, 0.15) is 32.1 Å². The first kappa shape index (κ1) is 19.7. The van der Waals surface area contributed by atoms with Gasteiger partial charge in [0.1, 0.15) is 5.69 Å². The molecule has 0 aliphatic carbocycles. The van der Waals surface area contributed by atoms with Gasteiger partial charge in [0.2, 0.25) is 0 Å². The fourth-order valence-corrected chi connectivity index (χ4v) is 3.60.